The highest BCUT2D eigenvalue weighted by molar-refractivity contribution is 6.34. The van der Waals surface area contributed by atoms with Crippen molar-refractivity contribution >= 4 is 28.3 Å². The second kappa shape index (κ2) is 2.85. The number of nitrogens with zero attached hydrogens (tertiary/aromatic N) is 1. The molecular weight excluding hydrogens is 188 g/mol. The van der Waals surface area contributed by atoms with Gasteiger partial charge in [-0.05, 0) is 12.1 Å². The zero-order valence-electron chi connectivity index (χ0n) is 6.97. The minimum absolute atomic E-state index is 0.00716. The van der Waals surface area contributed by atoms with Gasteiger partial charge < -0.3 is 4.98 Å². The number of ketones is 1. The molecule has 0 spiro atoms. The van der Waals surface area contributed by atoms with Crippen molar-refractivity contribution < 1.29 is 4.79 Å². The van der Waals surface area contributed by atoms with Gasteiger partial charge in [0.1, 0.15) is 5.15 Å². The fourth-order valence-electron chi connectivity index (χ4n) is 1.21. The molecule has 1 N–H and O–H groups in total. The number of H-pyrrole nitrogens is 1. The van der Waals surface area contributed by atoms with E-state index >= 15 is 0 Å². The van der Waals surface area contributed by atoms with Gasteiger partial charge in [0.15, 0.2) is 5.78 Å². The Morgan fingerprint density at radius 1 is 1.62 bits per heavy atom. The van der Waals surface area contributed by atoms with Gasteiger partial charge in [-0.2, -0.15) is 0 Å². The Morgan fingerprint density at radius 2 is 2.38 bits per heavy atom. The molecule has 66 valence electrons. The van der Waals surface area contributed by atoms with Crippen LogP contribution in [-0.4, -0.2) is 15.8 Å². The predicted octanol–water partition coefficient (Wildman–Crippen LogP) is 2.42. The average molecular weight is 195 g/mol. The van der Waals surface area contributed by atoms with Gasteiger partial charge in [0.2, 0.25) is 0 Å². The first-order valence-corrected chi connectivity index (χ1v) is 4.20. The zero-order valence-corrected chi connectivity index (χ0v) is 7.72. The number of carbonyl (C=O) groups excluding carboxylic acids is 1. The first-order chi connectivity index (χ1) is 6.18. The first-order valence-electron chi connectivity index (χ1n) is 3.82. The van der Waals surface area contributed by atoms with Crippen LogP contribution in [-0.2, 0) is 0 Å². The Morgan fingerprint density at radius 3 is 3.00 bits per heavy atom. The van der Waals surface area contributed by atoms with Gasteiger partial charge in [0.05, 0.1) is 11.2 Å². The molecule has 3 nitrogen and oxygen atoms in total. The fourth-order valence-corrected chi connectivity index (χ4v) is 1.42. The molecule has 0 saturated carbocycles. The standard InChI is InChI=1S/C9H7ClN2O/c1-5(13)8-4-6-7(12-8)2-3-11-9(6)10/h2-4,12H,1H3. The Balaban J connectivity index is 2.75. The van der Waals surface area contributed by atoms with Gasteiger partial charge in [-0.15, -0.1) is 0 Å². The summed E-state index contributed by atoms with van der Waals surface area (Å²) in [6.45, 7) is 1.51. The summed E-state index contributed by atoms with van der Waals surface area (Å²) in [6, 6.07) is 3.50. The summed E-state index contributed by atoms with van der Waals surface area (Å²) in [5.74, 6) is -0.00716. The zero-order chi connectivity index (χ0) is 9.42. The minimum Gasteiger partial charge on any atom is -0.352 e. The highest BCUT2D eigenvalue weighted by Crippen LogP contribution is 2.21. The van der Waals surface area contributed by atoms with E-state index in [1.54, 1.807) is 18.3 Å². The van der Waals surface area contributed by atoms with E-state index in [0.29, 0.717) is 10.8 Å². The molecule has 13 heavy (non-hydrogen) atoms. The molecule has 0 unspecified atom stereocenters. The molecule has 0 saturated heterocycles. The third kappa shape index (κ3) is 1.31. The maximum Gasteiger partial charge on any atom is 0.175 e. The van der Waals surface area contributed by atoms with Crippen molar-refractivity contribution in [3.8, 4) is 0 Å². The number of carbonyl (C=O) groups is 1. The monoisotopic (exact) mass is 194 g/mol. The van der Waals surface area contributed by atoms with Crippen molar-refractivity contribution in [1.29, 1.82) is 0 Å². The van der Waals surface area contributed by atoms with Gasteiger partial charge >= 0.3 is 0 Å². The normalized spacial score (nSPS) is 10.6. The fraction of sp³-hybridized carbons (Fsp3) is 0.111. The van der Waals surface area contributed by atoms with Crippen molar-refractivity contribution in [3.63, 3.8) is 0 Å². The quantitative estimate of drug-likeness (QED) is 0.560. The number of aromatic amines is 1. The van der Waals surface area contributed by atoms with E-state index in [9.17, 15) is 4.79 Å². The first kappa shape index (κ1) is 8.26. The molecule has 0 radical (unpaired) electrons. The van der Waals surface area contributed by atoms with Crippen LogP contribution in [0.3, 0.4) is 0 Å². The van der Waals surface area contributed by atoms with E-state index in [4.69, 9.17) is 11.6 Å². The lowest BCUT2D eigenvalue weighted by Gasteiger charge is -1.89. The molecule has 0 aliphatic rings. The lowest BCUT2D eigenvalue weighted by Crippen LogP contribution is -1.89. The van der Waals surface area contributed by atoms with Crippen LogP contribution in [0, 0.1) is 0 Å². The largest absolute Gasteiger partial charge is 0.352 e. The summed E-state index contributed by atoms with van der Waals surface area (Å²) in [4.78, 5) is 17.9. The smallest absolute Gasteiger partial charge is 0.175 e. The van der Waals surface area contributed by atoms with Crippen molar-refractivity contribution in [1.82, 2.24) is 9.97 Å². The Labute approximate surface area is 79.7 Å². The van der Waals surface area contributed by atoms with E-state index in [1.165, 1.54) is 6.92 Å². The molecule has 0 atom stereocenters. The molecule has 0 amide bonds. The van der Waals surface area contributed by atoms with Gasteiger partial charge in [-0.3, -0.25) is 4.79 Å². The van der Waals surface area contributed by atoms with E-state index in [1.807, 2.05) is 0 Å². The lowest BCUT2D eigenvalue weighted by atomic mass is 10.3. The molecular formula is C9H7ClN2O. The molecule has 4 heteroatoms. The highest BCUT2D eigenvalue weighted by atomic mass is 35.5. The summed E-state index contributed by atoms with van der Waals surface area (Å²) in [5, 5.41) is 1.20. The van der Waals surface area contributed by atoms with E-state index < -0.39 is 0 Å². The van der Waals surface area contributed by atoms with Crippen molar-refractivity contribution in [2.75, 3.05) is 0 Å². The maximum atomic E-state index is 11.0. The van der Waals surface area contributed by atoms with Crippen LogP contribution in [0.25, 0.3) is 10.9 Å². The van der Waals surface area contributed by atoms with E-state index in [-0.39, 0.29) is 5.78 Å². The molecule has 0 bridgehead atoms. The maximum absolute atomic E-state index is 11.0. The predicted molar refractivity (Wildman–Crippen MR) is 51.1 cm³/mol. The molecule has 2 heterocycles. The van der Waals surface area contributed by atoms with Crippen molar-refractivity contribution in [3.05, 3.63) is 29.2 Å². The summed E-state index contributed by atoms with van der Waals surface area (Å²) < 4.78 is 0. The SMILES string of the molecule is CC(=O)c1cc2c(Cl)nccc2[nH]1. The Hall–Kier alpha value is -1.35. The number of aromatic nitrogens is 2. The number of nitrogens with one attached hydrogen (secondary N) is 1. The van der Waals surface area contributed by atoms with Crippen LogP contribution < -0.4 is 0 Å². The molecule has 0 aliphatic heterocycles. The summed E-state index contributed by atoms with van der Waals surface area (Å²) in [7, 11) is 0. The Bertz CT molecular complexity index is 475. The number of hydrogen-bond donors (Lipinski definition) is 1. The molecule has 0 aliphatic carbocycles. The van der Waals surface area contributed by atoms with E-state index in [2.05, 4.69) is 9.97 Å². The molecule has 2 rings (SSSR count). The van der Waals surface area contributed by atoms with Gasteiger partial charge in [0.25, 0.3) is 0 Å². The molecule has 2 aromatic heterocycles. The highest BCUT2D eigenvalue weighted by Gasteiger charge is 2.06. The number of pyridine rings is 1. The van der Waals surface area contributed by atoms with Crippen LogP contribution in [0.4, 0.5) is 0 Å². The van der Waals surface area contributed by atoms with Gasteiger partial charge in [-0.1, -0.05) is 11.6 Å². The number of hydrogen-bond acceptors (Lipinski definition) is 2. The topological polar surface area (TPSA) is 45.8 Å². The van der Waals surface area contributed by atoms with E-state index in [0.717, 1.165) is 10.9 Å². The summed E-state index contributed by atoms with van der Waals surface area (Å²) in [6.07, 6.45) is 1.60. The summed E-state index contributed by atoms with van der Waals surface area (Å²) in [5.41, 5.74) is 1.40. The number of fused-ring (bicyclic) bond motifs is 1. The number of Topliss-reactive ketones (excluding diaryl/α,β-unsaturated/α-hetero) is 1. The average Bonchev–Trinajstić information content (AvgIpc) is 2.49. The van der Waals surface area contributed by atoms with Crippen LogP contribution in [0.5, 0.6) is 0 Å². The minimum atomic E-state index is -0.00716. The van der Waals surface area contributed by atoms with Crippen molar-refractivity contribution in [2.45, 2.75) is 6.92 Å². The summed E-state index contributed by atoms with van der Waals surface area (Å²) >= 11 is 5.83. The second-order valence-corrected chi connectivity index (χ2v) is 3.16. The third-order valence-electron chi connectivity index (χ3n) is 1.88. The van der Waals surface area contributed by atoms with Crippen molar-refractivity contribution in [2.24, 2.45) is 0 Å². The third-order valence-corrected chi connectivity index (χ3v) is 2.18. The van der Waals surface area contributed by atoms with Gasteiger partial charge in [-0.25, -0.2) is 4.98 Å². The lowest BCUT2D eigenvalue weighted by molar-refractivity contribution is 0.101. The Kier molecular flexibility index (Phi) is 1.81. The second-order valence-electron chi connectivity index (χ2n) is 2.80. The van der Waals surface area contributed by atoms with Gasteiger partial charge in [0, 0.05) is 18.5 Å². The van der Waals surface area contributed by atoms with Crippen LogP contribution in [0.15, 0.2) is 18.3 Å². The van der Waals surface area contributed by atoms with Crippen LogP contribution >= 0.6 is 11.6 Å². The molecule has 0 fully saturated rings. The molecule has 0 aromatic carbocycles. The number of halogens is 1. The molecule has 2 aromatic rings. The van der Waals surface area contributed by atoms with Crippen LogP contribution in [0.2, 0.25) is 5.15 Å². The van der Waals surface area contributed by atoms with Crippen LogP contribution in [0.1, 0.15) is 17.4 Å². The number of rotatable bonds is 1.